The number of carbonyl (C=O) groups is 4. The second-order valence-corrected chi connectivity index (χ2v) is 10.3. The number of hydrogen-bond acceptors (Lipinski definition) is 7. The van der Waals surface area contributed by atoms with Crippen molar-refractivity contribution in [3.8, 4) is 0 Å². The van der Waals surface area contributed by atoms with Gasteiger partial charge in [-0.3, -0.25) is 24.2 Å². The van der Waals surface area contributed by atoms with Crippen molar-refractivity contribution < 1.29 is 23.9 Å². The third-order valence-electron chi connectivity index (χ3n) is 6.77. The predicted molar refractivity (Wildman–Crippen MR) is 153 cm³/mol. The highest BCUT2D eigenvalue weighted by Crippen LogP contribution is 2.23. The van der Waals surface area contributed by atoms with E-state index in [1.807, 2.05) is 30.3 Å². The van der Waals surface area contributed by atoms with Crippen LogP contribution in [-0.4, -0.2) is 58.4 Å². The fourth-order valence-corrected chi connectivity index (χ4v) is 4.45. The molecule has 0 spiro atoms. The number of benzene rings is 1. The summed E-state index contributed by atoms with van der Waals surface area (Å²) in [6, 6.07) is 7.17. The number of carbonyl (C=O) groups excluding carboxylic acids is 4. The first kappa shape index (κ1) is 30.5. The molecule has 4 atom stereocenters. The molecule has 40 heavy (non-hydrogen) atoms. The zero-order valence-electron chi connectivity index (χ0n) is 23.6. The molecule has 2 aromatic rings. The molecule has 1 saturated heterocycles. The standard InChI is InChI=1S/C30H39N5O5/c1-7-10-26(36)33-27(18(3)4)28(37)31-19(5)29(38)35-16-9-11-24(34-35)30(39)40-20(6)22-13-12-21-14-15-23(8-2)32-25(21)17-22/h7-8,12-15,17-20,24,27,34H,1-2,9-11,16H2,3-6H3,(H,31,37)(H,33,36)/t19-,20+,24-,27?/m0/s1. The number of aromatic nitrogens is 1. The van der Waals surface area contributed by atoms with Crippen molar-refractivity contribution >= 4 is 40.7 Å². The number of hydrazine groups is 1. The third-order valence-corrected chi connectivity index (χ3v) is 6.77. The Morgan fingerprint density at radius 2 is 1.85 bits per heavy atom. The number of pyridine rings is 1. The maximum absolute atomic E-state index is 13.1. The van der Waals surface area contributed by atoms with E-state index in [9.17, 15) is 19.2 Å². The van der Waals surface area contributed by atoms with E-state index in [0.29, 0.717) is 19.4 Å². The number of nitrogens with zero attached hydrogens (tertiary/aromatic N) is 2. The molecule has 3 rings (SSSR count). The monoisotopic (exact) mass is 549 g/mol. The van der Waals surface area contributed by atoms with E-state index >= 15 is 0 Å². The topological polar surface area (TPSA) is 130 Å². The van der Waals surface area contributed by atoms with Gasteiger partial charge in [0, 0.05) is 18.4 Å². The minimum absolute atomic E-state index is 0.0901. The Morgan fingerprint density at radius 1 is 1.12 bits per heavy atom. The zero-order valence-corrected chi connectivity index (χ0v) is 23.6. The number of amides is 3. The van der Waals surface area contributed by atoms with Gasteiger partial charge in [0.15, 0.2) is 0 Å². The molecule has 0 bridgehead atoms. The lowest BCUT2D eigenvalue weighted by Gasteiger charge is -2.35. The van der Waals surface area contributed by atoms with E-state index in [0.717, 1.165) is 22.2 Å². The molecule has 3 amide bonds. The van der Waals surface area contributed by atoms with Crippen molar-refractivity contribution in [2.45, 2.75) is 71.2 Å². The van der Waals surface area contributed by atoms with Gasteiger partial charge in [-0.2, -0.15) is 0 Å². The fourth-order valence-electron chi connectivity index (χ4n) is 4.45. The second kappa shape index (κ2) is 13.8. The molecule has 1 fully saturated rings. The second-order valence-electron chi connectivity index (χ2n) is 10.3. The maximum atomic E-state index is 13.1. The number of nitrogens with one attached hydrogen (secondary N) is 3. The van der Waals surface area contributed by atoms with Gasteiger partial charge >= 0.3 is 5.97 Å². The van der Waals surface area contributed by atoms with Crippen molar-refractivity contribution in [3.63, 3.8) is 0 Å². The van der Waals surface area contributed by atoms with Gasteiger partial charge in [0.05, 0.1) is 11.2 Å². The summed E-state index contributed by atoms with van der Waals surface area (Å²) in [6.07, 6.45) is 3.79. The smallest absolute Gasteiger partial charge is 0.325 e. The predicted octanol–water partition coefficient (Wildman–Crippen LogP) is 3.20. The molecular formula is C30H39N5O5. The van der Waals surface area contributed by atoms with Gasteiger partial charge in [-0.1, -0.05) is 44.7 Å². The van der Waals surface area contributed by atoms with E-state index in [-0.39, 0.29) is 18.2 Å². The molecule has 1 aliphatic rings. The Labute approximate surface area is 235 Å². The summed E-state index contributed by atoms with van der Waals surface area (Å²) in [4.78, 5) is 55.5. The van der Waals surface area contributed by atoms with Crippen LogP contribution in [-0.2, 0) is 23.9 Å². The zero-order chi connectivity index (χ0) is 29.4. The van der Waals surface area contributed by atoms with Crippen LogP contribution in [0.3, 0.4) is 0 Å². The van der Waals surface area contributed by atoms with E-state index in [1.54, 1.807) is 33.8 Å². The number of esters is 1. The third kappa shape index (κ3) is 7.75. The van der Waals surface area contributed by atoms with Crippen LogP contribution in [0.4, 0.5) is 0 Å². The summed E-state index contributed by atoms with van der Waals surface area (Å²) in [5.41, 5.74) is 5.30. The van der Waals surface area contributed by atoms with Gasteiger partial charge < -0.3 is 15.4 Å². The Hall–Kier alpha value is -4.05. The molecule has 1 aliphatic heterocycles. The summed E-state index contributed by atoms with van der Waals surface area (Å²) in [5.74, 6) is -1.83. The van der Waals surface area contributed by atoms with Crippen LogP contribution < -0.4 is 16.1 Å². The number of ether oxygens (including phenoxy) is 1. The highest BCUT2D eigenvalue weighted by Gasteiger charge is 2.33. The highest BCUT2D eigenvalue weighted by molar-refractivity contribution is 5.92. The summed E-state index contributed by atoms with van der Waals surface area (Å²) in [6.45, 7) is 14.6. The molecule has 0 aliphatic carbocycles. The quantitative estimate of drug-likeness (QED) is 0.290. The number of rotatable bonds is 11. The van der Waals surface area contributed by atoms with Crippen LogP contribution in [0, 0.1) is 5.92 Å². The minimum atomic E-state index is -0.878. The van der Waals surface area contributed by atoms with E-state index in [1.165, 1.54) is 11.1 Å². The van der Waals surface area contributed by atoms with Gasteiger partial charge in [0.2, 0.25) is 11.8 Å². The fraction of sp³-hybridized carbons (Fsp3) is 0.433. The lowest BCUT2D eigenvalue weighted by atomic mass is 10.0. The van der Waals surface area contributed by atoms with Crippen LogP contribution in [0.25, 0.3) is 17.0 Å². The number of fused-ring (bicyclic) bond motifs is 1. The van der Waals surface area contributed by atoms with E-state index < -0.39 is 42.0 Å². The van der Waals surface area contributed by atoms with Crippen LogP contribution in [0.1, 0.15) is 64.3 Å². The Balaban J connectivity index is 1.59. The molecule has 0 saturated carbocycles. The van der Waals surface area contributed by atoms with Crippen LogP contribution in [0.15, 0.2) is 49.6 Å². The lowest BCUT2D eigenvalue weighted by molar-refractivity contribution is -0.157. The van der Waals surface area contributed by atoms with Crippen molar-refractivity contribution in [2.75, 3.05) is 6.54 Å². The van der Waals surface area contributed by atoms with Crippen molar-refractivity contribution in [2.24, 2.45) is 5.92 Å². The SMILES string of the molecule is C=CCC(=O)NC(C(=O)N[C@@H](C)C(=O)N1CCC[C@@H](C(=O)O[C@H](C)c2ccc3ccc(C=C)nc3c2)N1)C(C)C. The molecule has 10 heteroatoms. The summed E-state index contributed by atoms with van der Waals surface area (Å²) in [5, 5.41) is 7.68. The minimum Gasteiger partial charge on any atom is -0.457 e. The lowest BCUT2D eigenvalue weighted by Crippen LogP contribution is -2.61. The van der Waals surface area contributed by atoms with Gasteiger partial charge in [0.1, 0.15) is 24.2 Å². The average Bonchev–Trinajstić information content (AvgIpc) is 2.94. The molecule has 10 nitrogen and oxygen atoms in total. The van der Waals surface area contributed by atoms with Gasteiger partial charge in [-0.05, 0) is 56.4 Å². The van der Waals surface area contributed by atoms with Crippen molar-refractivity contribution in [1.29, 1.82) is 0 Å². The summed E-state index contributed by atoms with van der Waals surface area (Å²) < 4.78 is 5.74. The normalized spacial score (nSPS) is 17.4. The Bertz CT molecular complexity index is 1280. The average molecular weight is 550 g/mol. The molecule has 3 N–H and O–H groups in total. The van der Waals surface area contributed by atoms with E-state index in [4.69, 9.17) is 4.74 Å². The van der Waals surface area contributed by atoms with Crippen LogP contribution in [0.5, 0.6) is 0 Å². The highest BCUT2D eigenvalue weighted by atomic mass is 16.5. The molecule has 1 aromatic heterocycles. The molecule has 1 aromatic carbocycles. The van der Waals surface area contributed by atoms with Crippen molar-refractivity contribution in [1.82, 2.24) is 26.1 Å². The van der Waals surface area contributed by atoms with Crippen LogP contribution in [0.2, 0.25) is 0 Å². The first-order valence-corrected chi connectivity index (χ1v) is 13.6. The Morgan fingerprint density at radius 3 is 2.52 bits per heavy atom. The molecular weight excluding hydrogens is 510 g/mol. The first-order chi connectivity index (χ1) is 19.0. The van der Waals surface area contributed by atoms with Crippen molar-refractivity contribution in [3.05, 3.63) is 60.8 Å². The Kier molecular flexibility index (Phi) is 10.6. The van der Waals surface area contributed by atoms with Gasteiger partial charge in [0.25, 0.3) is 5.91 Å². The molecule has 0 radical (unpaired) electrons. The molecule has 1 unspecified atom stereocenters. The van der Waals surface area contributed by atoms with E-state index in [2.05, 4.69) is 34.2 Å². The maximum Gasteiger partial charge on any atom is 0.325 e. The summed E-state index contributed by atoms with van der Waals surface area (Å²) >= 11 is 0. The van der Waals surface area contributed by atoms with Gasteiger partial charge in [-0.25, -0.2) is 10.4 Å². The largest absolute Gasteiger partial charge is 0.457 e. The molecule has 2 heterocycles. The molecule has 214 valence electrons. The number of hydrogen-bond donors (Lipinski definition) is 3. The van der Waals surface area contributed by atoms with Gasteiger partial charge in [-0.15, -0.1) is 6.58 Å². The first-order valence-electron chi connectivity index (χ1n) is 13.6. The summed E-state index contributed by atoms with van der Waals surface area (Å²) in [7, 11) is 0. The van der Waals surface area contributed by atoms with Crippen LogP contribution >= 0.6 is 0 Å².